The van der Waals surface area contributed by atoms with Crippen molar-refractivity contribution in [3.63, 3.8) is 0 Å². The predicted molar refractivity (Wildman–Crippen MR) is 53.5 cm³/mol. The second-order valence-electron chi connectivity index (χ2n) is 1.53. The van der Waals surface area contributed by atoms with E-state index in [9.17, 15) is 0 Å². The summed E-state index contributed by atoms with van der Waals surface area (Å²) >= 11 is 8.61. The molecule has 0 unspecified atom stereocenters. The van der Waals surface area contributed by atoms with Gasteiger partial charge in [-0.2, -0.15) is 0 Å². The molecule has 0 heterocycles. The Labute approximate surface area is 71.2 Å². The van der Waals surface area contributed by atoms with Crippen molar-refractivity contribution >= 4 is 39.3 Å². The number of rotatable bonds is 3. The van der Waals surface area contributed by atoms with Crippen LogP contribution in [0.15, 0.2) is 0 Å². The molecule has 0 aromatic heterocycles. The van der Waals surface area contributed by atoms with E-state index in [1.165, 1.54) is 12.2 Å². The Hall–Kier alpha value is 0.790. The van der Waals surface area contributed by atoms with E-state index >= 15 is 0 Å². The fourth-order valence-electron chi connectivity index (χ4n) is 0.345. The zero-order chi connectivity index (χ0) is 7.11. The highest BCUT2D eigenvalue weighted by Gasteiger charge is 1.93. The minimum absolute atomic E-state index is 1.10. The SMILES string of the molecule is CCCSC(=S)SCC. The molecule has 0 bridgehead atoms. The average Bonchev–Trinajstić information content (AvgIpc) is 1.85. The van der Waals surface area contributed by atoms with Crippen molar-refractivity contribution < 1.29 is 0 Å². The van der Waals surface area contributed by atoms with Crippen LogP contribution in [-0.2, 0) is 0 Å². The minimum atomic E-state index is 1.10. The smallest absolute Gasteiger partial charge is 0.104 e. The van der Waals surface area contributed by atoms with E-state index in [0.29, 0.717) is 0 Å². The predicted octanol–water partition coefficient (Wildman–Crippen LogP) is 3.17. The molecule has 0 fully saturated rings. The molecular formula is C6H12S3. The first-order valence-corrected chi connectivity index (χ1v) is 5.48. The lowest BCUT2D eigenvalue weighted by atomic mass is 10.6. The van der Waals surface area contributed by atoms with Gasteiger partial charge in [0, 0.05) is 0 Å². The lowest BCUT2D eigenvalue weighted by molar-refractivity contribution is 1.11. The average molecular weight is 180 g/mol. The molecule has 0 aliphatic rings. The molecule has 0 atom stereocenters. The van der Waals surface area contributed by atoms with E-state index in [1.807, 2.05) is 0 Å². The van der Waals surface area contributed by atoms with Crippen LogP contribution in [0.25, 0.3) is 0 Å². The fourth-order valence-corrected chi connectivity index (χ4v) is 2.49. The van der Waals surface area contributed by atoms with Gasteiger partial charge in [0.05, 0.1) is 0 Å². The molecule has 0 saturated carbocycles. The molecule has 0 radical (unpaired) electrons. The molecule has 54 valence electrons. The third kappa shape index (κ3) is 6.68. The molecule has 0 nitrogen and oxygen atoms in total. The van der Waals surface area contributed by atoms with Crippen LogP contribution >= 0.6 is 35.7 Å². The first kappa shape index (κ1) is 9.79. The highest BCUT2D eigenvalue weighted by atomic mass is 32.2. The van der Waals surface area contributed by atoms with E-state index in [1.54, 1.807) is 23.5 Å². The molecular weight excluding hydrogens is 168 g/mol. The van der Waals surface area contributed by atoms with Crippen LogP contribution in [0.2, 0.25) is 0 Å². The third-order valence-electron chi connectivity index (χ3n) is 0.686. The molecule has 3 heteroatoms. The van der Waals surface area contributed by atoms with Crippen molar-refractivity contribution in [2.24, 2.45) is 0 Å². The van der Waals surface area contributed by atoms with Gasteiger partial charge in [-0.25, -0.2) is 0 Å². The van der Waals surface area contributed by atoms with E-state index in [-0.39, 0.29) is 0 Å². The van der Waals surface area contributed by atoms with Gasteiger partial charge in [0.1, 0.15) is 3.53 Å². The summed E-state index contributed by atoms with van der Waals surface area (Å²) in [6.45, 7) is 4.30. The van der Waals surface area contributed by atoms with Gasteiger partial charge in [-0.05, 0) is 17.9 Å². The van der Waals surface area contributed by atoms with Crippen molar-refractivity contribution in [2.45, 2.75) is 20.3 Å². The molecule has 9 heavy (non-hydrogen) atoms. The first-order valence-electron chi connectivity index (χ1n) is 3.10. The van der Waals surface area contributed by atoms with E-state index < -0.39 is 0 Å². The Bertz CT molecular complexity index is 80.4. The van der Waals surface area contributed by atoms with Crippen molar-refractivity contribution in [1.82, 2.24) is 0 Å². The second kappa shape index (κ2) is 6.90. The van der Waals surface area contributed by atoms with E-state index in [4.69, 9.17) is 12.2 Å². The van der Waals surface area contributed by atoms with Crippen molar-refractivity contribution in [3.8, 4) is 0 Å². The van der Waals surface area contributed by atoms with Crippen LogP contribution in [0, 0.1) is 0 Å². The van der Waals surface area contributed by atoms with Crippen LogP contribution < -0.4 is 0 Å². The van der Waals surface area contributed by atoms with Crippen LogP contribution in [-0.4, -0.2) is 15.0 Å². The summed E-state index contributed by atoms with van der Waals surface area (Å²) in [5.41, 5.74) is 0. The molecule has 0 aromatic carbocycles. The molecule has 0 aliphatic heterocycles. The maximum Gasteiger partial charge on any atom is 0.104 e. The standard InChI is InChI=1S/C6H12S3/c1-3-5-9-6(7)8-4-2/h3-5H2,1-2H3. The van der Waals surface area contributed by atoms with Gasteiger partial charge in [0.15, 0.2) is 0 Å². The summed E-state index contributed by atoms with van der Waals surface area (Å²) in [6.07, 6.45) is 1.22. The number of hydrogen-bond donors (Lipinski definition) is 0. The summed E-state index contributed by atoms with van der Waals surface area (Å²) in [5, 5.41) is 0. The Balaban J connectivity index is 3.06. The summed E-state index contributed by atoms with van der Waals surface area (Å²) in [7, 11) is 0. The van der Waals surface area contributed by atoms with Gasteiger partial charge in [-0.1, -0.05) is 26.1 Å². The largest absolute Gasteiger partial charge is 0.108 e. The van der Waals surface area contributed by atoms with Crippen LogP contribution in [0.1, 0.15) is 20.3 Å². The Morgan fingerprint density at radius 1 is 1.33 bits per heavy atom. The topological polar surface area (TPSA) is 0 Å². The van der Waals surface area contributed by atoms with E-state index in [0.717, 1.165) is 9.28 Å². The Morgan fingerprint density at radius 2 is 2.00 bits per heavy atom. The van der Waals surface area contributed by atoms with Gasteiger partial charge in [0.25, 0.3) is 0 Å². The van der Waals surface area contributed by atoms with Gasteiger partial charge < -0.3 is 0 Å². The van der Waals surface area contributed by atoms with Gasteiger partial charge in [0.2, 0.25) is 0 Å². The summed E-state index contributed by atoms with van der Waals surface area (Å²) < 4.78 is 1.10. The fraction of sp³-hybridized carbons (Fsp3) is 0.833. The quantitative estimate of drug-likeness (QED) is 0.612. The normalized spacial score (nSPS) is 9.56. The third-order valence-corrected chi connectivity index (χ3v) is 3.47. The van der Waals surface area contributed by atoms with Crippen LogP contribution in [0.3, 0.4) is 0 Å². The van der Waals surface area contributed by atoms with Crippen LogP contribution in [0.4, 0.5) is 0 Å². The second-order valence-corrected chi connectivity index (χ2v) is 5.09. The Kier molecular flexibility index (Phi) is 7.51. The van der Waals surface area contributed by atoms with Crippen molar-refractivity contribution in [3.05, 3.63) is 0 Å². The number of hydrogen-bond acceptors (Lipinski definition) is 3. The molecule has 0 N–H and O–H groups in total. The lowest BCUT2D eigenvalue weighted by Crippen LogP contribution is -1.82. The summed E-state index contributed by atoms with van der Waals surface area (Å²) in [4.78, 5) is 0. The summed E-state index contributed by atoms with van der Waals surface area (Å²) in [6, 6.07) is 0. The molecule has 0 aliphatic carbocycles. The van der Waals surface area contributed by atoms with Crippen LogP contribution in [0.5, 0.6) is 0 Å². The zero-order valence-corrected chi connectivity index (χ0v) is 8.30. The molecule has 0 spiro atoms. The molecule has 0 saturated heterocycles. The number of thioether (sulfide) groups is 2. The highest BCUT2D eigenvalue weighted by Crippen LogP contribution is 2.16. The lowest BCUT2D eigenvalue weighted by Gasteiger charge is -1.96. The number of thiocarbonyl (C=S) groups is 1. The van der Waals surface area contributed by atoms with E-state index in [2.05, 4.69) is 13.8 Å². The zero-order valence-electron chi connectivity index (χ0n) is 5.85. The van der Waals surface area contributed by atoms with Gasteiger partial charge in [-0.3, -0.25) is 0 Å². The maximum absolute atomic E-state index is 5.04. The maximum atomic E-state index is 5.04. The minimum Gasteiger partial charge on any atom is -0.108 e. The van der Waals surface area contributed by atoms with Crippen molar-refractivity contribution in [1.29, 1.82) is 0 Å². The van der Waals surface area contributed by atoms with Crippen molar-refractivity contribution in [2.75, 3.05) is 11.5 Å². The molecule has 0 aromatic rings. The summed E-state index contributed by atoms with van der Waals surface area (Å²) in [5.74, 6) is 2.28. The monoisotopic (exact) mass is 180 g/mol. The Morgan fingerprint density at radius 3 is 2.44 bits per heavy atom. The molecule has 0 rings (SSSR count). The van der Waals surface area contributed by atoms with Gasteiger partial charge in [-0.15, -0.1) is 23.5 Å². The molecule has 0 amide bonds. The van der Waals surface area contributed by atoms with Gasteiger partial charge >= 0.3 is 0 Å². The first-order chi connectivity index (χ1) is 4.31. The highest BCUT2D eigenvalue weighted by molar-refractivity contribution is 8.47.